The van der Waals surface area contributed by atoms with Crippen LogP contribution in [0.5, 0.6) is 0 Å². The van der Waals surface area contributed by atoms with Gasteiger partial charge in [0.15, 0.2) is 5.76 Å². The highest BCUT2D eigenvalue weighted by Gasteiger charge is 2.24. The number of ether oxygens (including phenoxy) is 2. The predicted octanol–water partition coefficient (Wildman–Crippen LogP) is 2.84. The molecule has 1 heterocycles. The summed E-state index contributed by atoms with van der Waals surface area (Å²) in [4.78, 5) is 24.3. The highest BCUT2D eigenvalue weighted by atomic mass is 16.7. The Morgan fingerprint density at radius 2 is 1.65 bits per heavy atom. The van der Waals surface area contributed by atoms with Gasteiger partial charge in [-0.2, -0.15) is 0 Å². The van der Waals surface area contributed by atoms with Crippen molar-refractivity contribution in [1.29, 1.82) is 0 Å². The number of nitrogens with one attached hydrogen (secondary N) is 1. The van der Waals surface area contributed by atoms with E-state index in [1.165, 1.54) is 6.26 Å². The molecule has 0 radical (unpaired) electrons. The van der Waals surface area contributed by atoms with Crippen molar-refractivity contribution in [3.05, 3.63) is 95.1 Å². The van der Waals surface area contributed by atoms with Crippen molar-refractivity contribution in [3.8, 4) is 0 Å². The fourth-order valence-corrected chi connectivity index (χ4v) is 2.53. The molecule has 3 rings (SSSR count). The average molecular weight is 351 g/mol. The molecule has 2 aromatic rings. The van der Waals surface area contributed by atoms with Crippen molar-refractivity contribution >= 4 is 11.9 Å². The van der Waals surface area contributed by atoms with E-state index in [0.717, 1.165) is 5.56 Å². The largest absolute Gasteiger partial charge is 0.477 e. The number of carbonyl (C=O) groups is 2. The average Bonchev–Trinajstić information content (AvgIpc) is 3.20. The number of carbonyl (C=O) groups excluding carboxylic acids is 1. The molecule has 132 valence electrons. The molecule has 1 aliphatic heterocycles. The molecule has 0 atom stereocenters. The van der Waals surface area contributed by atoms with E-state index in [-0.39, 0.29) is 18.9 Å². The third kappa shape index (κ3) is 4.10. The molecule has 0 fully saturated rings. The van der Waals surface area contributed by atoms with Gasteiger partial charge in [0.1, 0.15) is 12.0 Å². The Kier molecular flexibility index (Phi) is 5.34. The van der Waals surface area contributed by atoms with Crippen LogP contribution in [0.15, 0.2) is 84.0 Å². The van der Waals surface area contributed by atoms with Gasteiger partial charge in [0.2, 0.25) is 6.79 Å². The summed E-state index contributed by atoms with van der Waals surface area (Å²) < 4.78 is 10.4. The lowest BCUT2D eigenvalue weighted by atomic mass is 10.0. The first-order valence-corrected chi connectivity index (χ1v) is 7.97. The van der Waals surface area contributed by atoms with Crippen molar-refractivity contribution in [1.82, 2.24) is 5.32 Å². The molecule has 26 heavy (non-hydrogen) atoms. The third-order valence-corrected chi connectivity index (χ3v) is 3.78. The Bertz CT molecular complexity index is 856. The quantitative estimate of drug-likeness (QED) is 0.782. The van der Waals surface area contributed by atoms with Crippen LogP contribution in [0.1, 0.15) is 15.9 Å². The second kappa shape index (κ2) is 8.02. The molecular formula is C20H17NO5. The lowest BCUT2D eigenvalue weighted by molar-refractivity contribution is -0.133. The predicted molar refractivity (Wildman–Crippen MR) is 93.8 cm³/mol. The second-order valence-corrected chi connectivity index (χ2v) is 5.55. The minimum Gasteiger partial charge on any atom is -0.477 e. The van der Waals surface area contributed by atoms with E-state index < -0.39 is 11.9 Å². The molecule has 0 bridgehead atoms. The van der Waals surface area contributed by atoms with Crippen LogP contribution in [0.25, 0.3) is 0 Å². The highest BCUT2D eigenvalue weighted by molar-refractivity contribution is 6.01. The van der Waals surface area contributed by atoms with E-state index in [4.69, 9.17) is 9.47 Å². The van der Waals surface area contributed by atoms with E-state index in [2.05, 4.69) is 5.32 Å². The highest BCUT2D eigenvalue weighted by Crippen LogP contribution is 2.24. The van der Waals surface area contributed by atoms with Gasteiger partial charge in [-0.25, -0.2) is 4.79 Å². The zero-order valence-corrected chi connectivity index (χ0v) is 13.8. The van der Waals surface area contributed by atoms with Gasteiger partial charge < -0.3 is 19.9 Å². The lowest BCUT2D eigenvalue weighted by Crippen LogP contribution is -2.29. The summed E-state index contributed by atoms with van der Waals surface area (Å²) in [6.07, 6.45) is 1.63. The van der Waals surface area contributed by atoms with Crippen LogP contribution >= 0.6 is 0 Å². The number of hydrogen-bond acceptors (Lipinski definition) is 4. The molecule has 1 amide bonds. The van der Waals surface area contributed by atoms with Crippen LogP contribution in [0, 0.1) is 0 Å². The maximum atomic E-state index is 12.4. The maximum Gasteiger partial charge on any atom is 0.352 e. The van der Waals surface area contributed by atoms with E-state index in [9.17, 15) is 14.7 Å². The zero-order valence-electron chi connectivity index (χ0n) is 13.8. The van der Waals surface area contributed by atoms with Gasteiger partial charge in [0.25, 0.3) is 5.91 Å². The lowest BCUT2D eigenvalue weighted by Gasteiger charge is -2.14. The molecule has 6 heteroatoms. The number of rotatable bonds is 6. The maximum absolute atomic E-state index is 12.4. The number of hydrogen-bond donors (Lipinski definition) is 2. The monoisotopic (exact) mass is 351 g/mol. The fourth-order valence-electron chi connectivity index (χ4n) is 2.53. The van der Waals surface area contributed by atoms with Crippen LogP contribution < -0.4 is 5.32 Å². The van der Waals surface area contributed by atoms with Gasteiger partial charge in [-0.05, 0) is 17.7 Å². The van der Waals surface area contributed by atoms with Crippen molar-refractivity contribution in [3.63, 3.8) is 0 Å². The van der Waals surface area contributed by atoms with Gasteiger partial charge in [0, 0.05) is 17.6 Å². The molecule has 0 saturated heterocycles. The summed E-state index contributed by atoms with van der Waals surface area (Å²) in [6, 6.07) is 17.7. The van der Waals surface area contributed by atoms with Crippen LogP contribution in [0.2, 0.25) is 0 Å². The number of carboxylic acid groups (broad SMARTS) is 1. The van der Waals surface area contributed by atoms with Gasteiger partial charge in [0.05, 0.1) is 0 Å². The van der Waals surface area contributed by atoms with Crippen LogP contribution in [0.3, 0.4) is 0 Å². The summed E-state index contributed by atoms with van der Waals surface area (Å²) in [5, 5.41) is 12.2. The summed E-state index contributed by atoms with van der Waals surface area (Å²) >= 11 is 0. The molecule has 1 aliphatic rings. The number of benzene rings is 2. The number of carboxylic acids is 1. The normalized spacial score (nSPS) is 13.8. The van der Waals surface area contributed by atoms with E-state index >= 15 is 0 Å². The summed E-state index contributed by atoms with van der Waals surface area (Å²) in [7, 11) is 0. The SMILES string of the molecule is O=C(O)C(NC(=O)c1ccccc1)=C(Cc1ccccc1)C1=COCO1. The third-order valence-electron chi connectivity index (χ3n) is 3.78. The Balaban J connectivity index is 1.97. The van der Waals surface area contributed by atoms with Gasteiger partial charge in [-0.3, -0.25) is 4.79 Å². The fraction of sp³-hybridized carbons (Fsp3) is 0.100. The van der Waals surface area contributed by atoms with Gasteiger partial charge in [-0.15, -0.1) is 0 Å². The molecule has 2 aromatic carbocycles. The van der Waals surface area contributed by atoms with E-state index in [1.807, 2.05) is 30.3 Å². The molecule has 0 aromatic heterocycles. The summed E-state index contributed by atoms with van der Waals surface area (Å²) in [6.45, 7) is 0.00710. The van der Waals surface area contributed by atoms with Crippen molar-refractivity contribution in [2.24, 2.45) is 0 Å². The number of amides is 1. The topological polar surface area (TPSA) is 84.9 Å². The molecule has 0 unspecified atom stereocenters. The van der Waals surface area contributed by atoms with E-state index in [1.54, 1.807) is 30.3 Å². The molecule has 0 aliphatic carbocycles. The second-order valence-electron chi connectivity index (χ2n) is 5.55. The Morgan fingerprint density at radius 3 is 2.23 bits per heavy atom. The van der Waals surface area contributed by atoms with Crippen LogP contribution in [0.4, 0.5) is 0 Å². The molecule has 6 nitrogen and oxygen atoms in total. The molecule has 0 saturated carbocycles. The van der Waals surface area contributed by atoms with Crippen molar-refractivity contribution < 1.29 is 24.2 Å². The van der Waals surface area contributed by atoms with Crippen molar-refractivity contribution in [2.75, 3.05) is 6.79 Å². The Labute approximate surface area is 150 Å². The summed E-state index contributed by atoms with van der Waals surface area (Å²) in [5.74, 6) is -1.47. The summed E-state index contributed by atoms with van der Waals surface area (Å²) in [5.41, 5.74) is 1.35. The Morgan fingerprint density at radius 1 is 1.00 bits per heavy atom. The zero-order chi connectivity index (χ0) is 18.4. The Hall–Kier alpha value is -3.54. The minimum absolute atomic E-state index is 0.00710. The van der Waals surface area contributed by atoms with E-state index in [0.29, 0.717) is 16.9 Å². The first-order valence-electron chi connectivity index (χ1n) is 7.97. The van der Waals surface area contributed by atoms with Gasteiger partial charge >= 0.3 is 5.97 Å². The first kappa shape index (κ1) is 17.3. The number of allylic oxidation sites excluding steroid dienone is 1. The number of aliphatic carboxylic acids is 1. The standard InChI is InChI=1S/C20H17NO5/c22-19(15-9-5-2-6-10-15)21-18(20(23)24)16(17-12-25-13-26-17)11-14-7-3-1-4-8-14/h1-10,12H,11,13H2,(H,21,22)(H,23,24). The van der Waals surface area contributed by atoms with Crippen LogP contribution in [-0.4, -0.2) is 23.8 Å². The molecule has 0 spiro atoms. The van der Waals surface area contributed by atoms with Crippen molar-refractivity contribution in [2.45, 2.75) is 6.42 Å². The van der Waals surface area contributed by atoms with Crippen LogP contribution in [-0.2, 0) is 20.7 Å². The van der Waals surface area contributed by atoms with Gasteiger partial charge in [-0.1, -0.05) is 48.5 Å². The first-order chi connectivity index (χ1) is 12.6. The smallest absolute Gasteiger partial charge is 0.352 e. The molecule has 2 N–H and O–H groups in total. The molecular weight excluding hydrogens is 334 g/mol. The minimum atomic E-state index is -1.25.